The van der Waals surface area contributed by atoms with Crippen LogP contribution < -0.4 is 11.1 Å². The van der Waals surface area contributed by atoms with Crippen LogP contribution >= 0.6 is 0 Å². The van der Waals surface area contributed by atoms with Crippen LogP contribution in [0.2, 0.25) is 0 Å². The summed E-state index contributed by atoms with van der Waals surface area (Å²) in [7, 11) is 0. The quantitative estimate of drug-likeness (QED) is 0.893. The molecule has 0 saturated carbocycles. The third-order valence-electron chi connectivity index (χ3n) is 4.10. The second-order valence-corrected chi connectivity index (χ2v) is 5.23. The summed E-state index contributed by atoms with van der Waals surface area (Å²) in [6, 6.07) is 19.8. The monoisotopic (exact) mass is 266 g/mol. The van der Waals surface area contributed by atoms with Gasteiger partial charge in [0.25, 0.3) is 0 Å². The molecule has 0 aliphatic carbocycles. The van der Waals surface area contributed by atoms with Crippen molar-refractivity contribution in [3.8, 4) is 0 Å². The summed E-state index contributed by atoms with van der Waals surface area (Å²) in [6.45, 7) is 0.697. The number of rotatable bonds is 3. The first kappa shape index (κ1) is 12.9. The zero-order valence-corrected chi connectivity index (χ0v) is 11.3. The van der Waals surface area contributed by atoms with E-state index in [2.05, 4.69) is 5.32 Å². The molecule has 0 spiro atoms. The van der Waals surface area contributed by atoms with Crippen molar-refractivity contribution in [1.29, 1.82) is 0 Å². The largest absolute Gasteiger partial charge is 0.356 e. The van der Waals surface area contributed by atoms with Gasteiger partial charge in [0.15, 0.2) is 0 Å². The zero-order chi connectivity index (χ0) is 14.0. The van der Waals surface area contributed by atoms with Crippen molar-refractivity contribution < 1.29 is 4.79 Å². The molecule has 0 bridgehead atoms. The summed E-state index contributed by atoms with van der Waals surface area (Å²) < 4.78 is 0. The average molecular weight is 266 g/mol. The number of hydrogen-bond acceptors (Lipinski definition) is 2. The van der Waals surface area contributed by atoms with E-state index >= 15 is 0 Å². The van der Waals surface area contributed by atoms with Crippen molar-refractivity contribution in [3.05, 3.63) is 71.8 Å². The van der Waals surface area contributed by atoms with E-state index in [4.69, 9.17) is 5.73 Å². The molecule has 1 aliphatic heterocycles. The third kappa shape index (κ3) is 2.00. The molecule has 1 aliphatic rings. The molecule has 0 aromatic heterocycles. The molecular weight excluding hydrogens is 248 g/mol. The average Bonchev–Trinajstić information content (AvgIpc) is 2.95. The van der Waals surface area contributed by atoms with E-state index in [0.717, 1.165) is 17.5 Å². The fourth-order valence-corrected chi connectivity index (χ4v) is 3.03. The maximum absolute atomic E-state index is 12.2. The fourth-order valence-electron chi connectivity index (χ4n) is 3.03. The number of carbonyl (C=O) groups is 1. The van der Waals surface area contributed by atoms with Crippen molar-refractivity contribution >= 4 is 5.91 Å². The molecule has 1 fully saturated rings. The number of carbonyl (C=O) groups excluding carboxylic acids is 1. The fraction of sp³-hybridized carbons (Fsp3) is 0.235. The van der Waals surface area contributed by atoms with E-state index in [0.29, 0.717) is 6.54 Å². The molecule has 1 atom stereocenters. The van der Waals surface area contributed by atoms with Crippen molar-refractivity contribution in [2.75, 3.05) is 6.54 Å². The summed E-state index contributed by atoms with van der Waals surface area (Å²) in [4.78, 5) is 12.2. The minimum Gasteiger partial charge on any atom is -0.356 e. The van der Waals surface area contributed by atoms with Gasteiger partial charge < -0.3 is 11.1 Å². The number of amides is 1. The Morgan fingerprint density at radius 3 is 1.85 bits per heavy atom. The molecule has 3 rings (SSSR count). The van der Waals surface area contributed by atoms with Crippen LogP contribution in [-0.4, -0.2) is 12.5 Å². The maximum Gasteiger partial charge on any atom is 0.225 e. The van der Waals surface area contributed by atoms with Crippen LogP contribution in [0.25, 0.3) is 0 Å². The van der Waals surface area contributed by atoms with Crippen molar-refractivity contribution in [2.45, 2.75) is 12.0 Å². The number of nitrogens with one attached hydrogen (secondary N) is 1. The van der Waals surface area contributed by atoms with Gasteiger partial charge in [0.2, 0.25) is 5.91 Å². The molecule has 1 unspecified atom stereocenters. The molecule has 2 aromatic rings. The summed E-state index contributed by atoms with van der Waals surface area (Å²) in [5, 5.41) is 2.90. The lowest BCUT2D eigenvalue weighted by Crippen LogP contribution is -2.48. The molecule has 3 N–H and O–H groups in total. The Labute approximate surface area is 118 Å². The van der Waals surface area contributed by atoms with E-state index in [9.17, 15) is 4.79 Å². The van der Waals surface area contributed by atoms with Gasteiger partial charge in [-0.25, -0.2) is 0 Å². The van der Waals surface area contributed by atoms with Gasteiger partial charge in [-0.15, -0.1) is 0 Å². The van der Waals surface area contributed by atoms with E-state index < -0.39 is 5.54 Å². The highest BCUT2D eigenvalue weighted by atomic mass is 16.2. The van der Waals surface area contributed by atoms with Gasteiger partial charge in [-0.2, -0.15) is 0 Å². The van der Waals surface area contributed by atoms with E-state index in [1.165, 1.54) is 0 Å². The lowest BCUT2D eigenvalue weighted by molar-refractivity contribution is -0.123. The van der Waals surface area contributed by atoms with E-state index in [1.54, 1.807) is 0 Å². The van der Waals surface area contributed by atoms with Crippen LogP contribution in [0, 0.1) is 5.92 Å². The molecule has 1 saturated heterocycles. The molecule has 1 heterocycles. The first-order chi connectivity index (χ1) is 9.73. The normalized spacial score (nSPS) is 18.9. The van der Waals surface area contributed by atoms with Crippen LogP contribution in [0.15, 0.2) is 60.7 Å². The van der Waals surface area contributed by atoms with Crippen molar-refractivity contribution in [3.63, 3.8) is 0 Å². The Bertz CT molecular complexity index is 555. The van der Waals surface area contributed by atoms with Gasteiger partial charge in [0, 0.05) is 6.54 Å². The summed E-state index contributed by atoms with van der Waals surface area (Å²) >= 11 is 0. The Kier molecular flexibility index (Phi) is 3.28. The molecule has 3 heteroatoms. The second kappa shape index (κ2) is 5.10. The molecular formula is C17H18N2O. The summed E-state index contributed by atoms with van der Waals surface area (Å²) in [6.07, 6.45) is 0.763. The standard InChI is InChI=1S/C17H18N2O/c18-17(13-7-3-1-4-8-13,14-9-5-2-6-10-14)15-11-12-19-16(15)20/h1-10,15H,11-12,18H2,(H,19,20). The lowest BCUT2D eigenvalue weighted by Gasteiger charge is -2.35. The van der Waals surface area contributed by atoms with Crippen molar-refractivity contribution in [1.82, 2.24) is 5.32 Å². The minimum absolute atomic E-state index is 0.0419. The summed E-state index contributed by atoms with van der Waals surface area (Å²) in [5.41, 5.74) is 7.96. The van der Waals surface area contributed by atoms with Gasteiger partial charge in [0.05, 0.1) is 11.5 Å². The first-order valence-electron chi connectivity index (χ1n) is 6.90. The Morgan fingerprint density at radius 1 is 0.950 bits per heavy atom. The lowest BCUT2D eigenvalue weighted by atomic mass is 9.73. The van der Waals surface area contributed by atoms with E-state index in [-0.39, 0.29) is 11.8 Å². The summed E-state index contributed by atoms with van der Waals surface area (Å²) in [5.74, 6) is -0.187. The smallest absolute Gasteiger partial charge is 0.225 e. The number of hydrogen-bond donors (Lipinski definition) is 2. The molecule has 1 amide bonds. The number of benzene rings is 2. The Hall–Kier alpha value is -2.13. The van der Waals surface area contributed by atoms with E-state index in [1.807, 2.05) is 60.7 Å². The van der Waals surface area contributed by atoms with Crippen LogP contribution in [-0.2, 0) is 10.3 Å². The molecule has 2 aromatic carbocycles. The van der Waals surface area contributed by atoms with Gasteiger partial charge in [-0.3, -0.25) is 4.79 Å². The molecule has 0 radical (unpaired) electrons. The van der Waals surface area contributed by atoms with Crippen LogP contribution in [0.3, 0.4) is 0 Å². The topological polar surface area (TPSA) is 55.1 Å². The predicted molar refractivity (Wildman–Crippen MR) is 79.0 cm³/mol. The third-order valence-corrected chi connectivity index (χ3v) is 4.10. The highest BCUT2D eigenvalue weighted by Crippen LogP contribution is 2.37. The molecule has 20 heavy (non-hydrogen) atoms. The Morgan fingerprint density at radius 2 is 1.45 bits per heavy atom. The van der Waals surface area contributed by atoms with Crippen LogP contribution in [0.5, 0.6) is 0 Å². The highest BCUT2D eigenvalue weighted by Gasteiger charge is 2.44. The molecule has 102 valence electrons. The second-order valence-electron chi connectivity index (χ2n) is 5.23. The maximum atomic E-state index is 12.2. The van der Waals surface area contributed by atoms with Crippen LogP contribution in [0.4, 0.5) is 0 Å². The van der Waals surface area contributed by atoms with Gasteiger partial charge in [0.1, 0.15) is 0 Å². The minimum atomic E-state index is -0.775. The molecule has 3 nitrogen and oxygen atoms in total. The number of nitrogens with two attached hydrogens (primary N) is 1. The Balaban J connectivity index is 2.15. The van der Waals surface area contributed by atoms with Gasteiger partial charge >= 0.3 is 0 Å². The highest BCUT2D eigenvalue weighted by molar-refractivity contribution is 5.83. The predicted octanol–water partition coefficient (Wildman–Crippen LogP) is 2.03. The van der Waals surface area contributed by atoms with Crippen molar-refractivity contribution in [2.24, 2.45) is 11.7 Å². The first-order valence-corrected chi connectivity index (χ1v) is 6.90. The van der Waals surface area contributed by atoms with Gasteiger partial charge in [-0.1, -0.05) is 60.7 Å². The van der Waals surface area contributed by atoms with Gasteiger partial charge in [-0.05, 0) is 17.5 Å². The van der Waals surface area contributed by atoms with Crippen LogP contribution in [0.1, 0.15) is 17.5 Å². The zero-order valence-electron chi connectivity index (χ0n) is 11.3. The SMILES string of the molecule is NC(c1ccccc1)(c1ccccc1)C1CCNC1=O.